The van der Waals surface area contributed by atoms with Crippen LogP contribution in [0.5, 0.6) is 0 Å². The largest absolute Gasteiger partial charge is 0.328 e. The van der Waals surface area contributed by atoms with E-state index in [1.807, 2.05) is 0 Å². The lowest BCUT2D eigenvalue weighted by atomic mass is 10.2. The van der Waals surface area contributed by atoms with Crippen molar-refractivity contribution in [1.82, 2.24) is 4.68 Å². The van der Waals surface area contributed by atoms with Gasteiger partial charge in [0.05, 0.1) is 16.2 Å². The Morgan fingerprint density at radius 3 is 2.24 bits per heavy atom. The van der Waals surface area contributed by atoms with Crippen molar-refractivity contribution in [2.45, 2.75) is 0 Å². The number of carbonyl (C=O) groups excluding carboxylic acids is 3. The first-order chi connectivity index (χ1) is 15.8. The summed E-state index contributed by atoms with van der Waals surface area (Å²) < 4.78 is 1.22. The van der Waals surface area contributed by atoms with E-state index in [0.29, 0.717) is 26.6 Å². The molecule has 0 bridgehead atoms. The van der Waals surface area contributed by atoms with Crippen LogP contribution in [0.2, 0.25) is 15.1 Å². The first-order valence-electron chi connectivity index (χ1n) is 9.56. The number of hydrogen-bond donors (Lipinski definition) is 3. The summed E-state index contributed by atoms with van der Waals surface area (Å²) in [5.41, 5.74) is 3.75. The molecule has 0 radical (unpaired) electrons. The fourth-order valence-electron chi connectivity index (χ4n) is 3.13. The quantitative estimate of drug-likeness (QED) is 0.320. The minimum Gasteiger partial charge on any atom is -0.321 e. The second-order valence-corrected chi connectivity index (χ2v) is 8.19. The van der Waals surface area contributed by atoms with Crippen LogP contribution in [0.4, 0.5) is 11.4 Å². The number of nitrogens with one attached hydrogen (secondary N) is 3. The molecule has 0 atom stereocenters. The zero-order valence-corrected chi connectivity index (χ0v) is 19.0. The molecule has 3 aromatic carbocycles. The van der Waals surface area contributed by atoms with Crippen LogP contribution < -0.4 is 16.1 Å². The Bertz CT molecular complexity index is 1400. The minimum absolute atomic E-state index is 0.0751. The molecule has 1 heterocycles. The van der Waals surface area contributed by atoms with Crippen LogP contribution in [0.1, 0.15) is 10.5 Å². The van der Waals surface area contributed by atoms with Crippen LogP contribution in [0, 0.1) is 0 Å². The lowest BCUT2D eigenvalue weighted by Crippen LogP contribution is -2.36. The molecule has 0 aliphatic carbocycles. The average molecular weight is 502 g/mol. The zero-order valence-electron chi connectivity index (χ0n) is 16.7. The molecule has 0 aliphatic rings. The smallest absolute Gasteiger partial charge is 0.321 e. The number of para-hydroxylation sites is 1. The van der Waals surface area contributed by atoms with E-state index in [1.54, 1.807) is 72.8 Å². The number of benzene rings is 3. The molecule has 1 aromatic heterocycles. The number of carbonyl (C=O) groups is 3. The molecule has 0 saturated heterocycles. The molecule has 3 N–H and O–H groups in total. The van der Waals surface area contributed by atoms with Gasteiger partial charge in [0.15, 0.2) is 0 Å². The molecule has 10 heteroatoms. The Labute approximate surface area is 203 Å². The first kappa shape index (κ1) is 22.7. The van der Waals surface area contributed by atoms with Gasteiger partial charge in [0, 0.05) is 21.1 Å². The van der Waals surface area contributed by atoms with Crippen molar-refractivity contribution in [2.75, 3.05) is 16.1 Å². The second-order valence-electron chi connectivity index (χ2n) is 6.91. The molecule has 0 spiro atoms. The Balaban J connectivity index is 1.64. The van der Waals surface area contributed by atoms with Crippen molar-refractivity contribution in [2.24, 2.45) is 0 Å². The highest BCUT2D eigenvalue weighted by molar-refractivity contribution is 6.44. The second kappa shape index (κ2) is 9.54. The Hall–Kier alpha value is -3.52. The van der Waals surface area contributed by atoms with Gasteiger partial charge in [-0.25, -0.2) is 4.68 Å². The summed E-state index contributed by atoms with van der Waals surface area (Å²) in [5.74, 6) is -2.49. The van der Waals surface area contributed by atoms with Crippen LogP contribution in [-0.4, -0.2) is 22.4 Å². The van der Waals surface area contributed by atoms with E-state index in [4.69, 9.17) is 34.8 Å². The highest BCUT2D eigenvalue weighted by atomic mass is 35.5. The first-order valence-corrected chi connectivity index (χ1v) is 10.7. The third-order valence-electron chi connectivity index (χ3n) is 4.62. The summed E-state index contributed by atoms with van der Waals surface area (Å²) >= 11 is 18.1. The van der Waals surface area contributed by atoms with E-state index in [0.717, 1.165) is 0 Å². The summed E-state index contributed by atoms with van der Waals surface area (Å²) in [6, 6.07) is 19.5. The van der Waals surface area contributed by atoms with Gasteiger partial charge in [-0.1, -0.05) is 53.0 Å². The van der Waals surface area contributed by atoms with Crippen molar-refractivity contribution < 1.29 is 14.4 Å². The van der Waals surface area contributed by atoms with Crippen LogP contribution in [0.3, 0.4) is 0 Å². The van der Waals surface area contributed by atoms with Gasteiger partial charge in [0.25, 0.3) is 5.91 Å². The molecular weight excluding hydrogens is 487 g/mol. The summed E-state index contributed by atoms with van der Waals surface area (Å²) in [7, 11) is 0. The molecule has 4 rings (SSSR count). The molecule has 7 nitrogen and oxygen atoms in total. The maximum Gasteiger partial charge on any atom is 0.328 e. The van der Waals surface area contributed by atoms with Gasteiger partial charge in [0.1, 0.15) is 5.69 Å². The number of nitrogens with zero attached hydrogens (tertiary/aromatic N) is 1. The number of halogens is 3. The van der Waals surface area contributed by atoms with Gasteiger partial charge in [-0.15, -0.1) is 0 Å². The zero-order chi connectivity index (χ0) is 23.5. The van der Waals surface area contributed by atoms with Gasteiger partial charge in [-0.05, 0) is 54.6 Å². The standard InChI is InChI=1S/C23H15Cl3N4O3/c24-14-4-3-5-16(12-14)27-21(31)20-11-13-10-15(25)8-9-19(13)30(20)29-23(33)22(32)28-18-7-2-1-6-17(18)26/h1-12H,(H,27,31)(H,28,32)(H,29,33). The topological polar surface area (TPSA) is 92.2 Å². The molecule has 33 heavy (non-hydrogen) atoms. The predicted octanol–water partition coefficient (Wildman–Crippen LogP) is 5.56. The van der Waals surface area contributed by atoms with Crippen LogP contribution >= 0.6 is 34.8 Å². The molecular formula is C23H15Cl3N4O3. The van der Waals surface area contributed by atoms with E-state index in [1.165, 1.54) is 4.68 Å². The highest BCUT2D eigenvalue weighted by Gasteiger charge is 2.21. The van der Waals surface area contributed by atoms with E-state index in [-0.39, 0.29) is 16.4 Å². The Kier molecular flexibility index (Phi) is 6.55. The Morgan fingerprint density at radius 1 is 0.727 bits per heavy atom. The number of aromatic nitrogens is 1. The normalized spacial score (nSPS) is 10.6. The summed E-state index contributed by atoms with van der Waals surface area (Å²) in [5, 5.41) is 6.92. The van der Waals surface area contributed by atoms with Gasteiger partial charge in [-0.3, -0.25) is 19.8 Å². The monoisotopic (exact) mass is 500 g/mol. The van der Waals surface area contributed by atoms with Crippen molar-refractivity contribution >= 4 is 74.8 Å². The average Bonchev–Trinajstić information content (AvgIpc) is 3.12. The third kappa shape index (κ3) is 5.12. The molecule has 0 aliphatic heterocycles. The molecule has 0 saturated carbocycles. The number of fused-ring (bicyclic) bond motifs is 1. The highest BCUT2D eigenvalue weighted by Crippen LogP contribution is 2.24. The van der Waals surface area contributed by atoms with Crippen LogP contribution in [0.15, 0.2) is 72.8 Å². The molecule has 0 fully saturated rings. The van der Waals surface area contributed by atoms with E-state index >= 15 is 0 Å². The number of anilines is 2. The van der Waals surface area contributed by atoms with Crippen molar-refractivity contribution in [3.63, 3.8) is 0 Å². The van der Waals surface area contributed by atoms with Gasteiger partial charge in [-0.2, -0.15) is 0 Å². The SMILES string of the molecule is O=C(Nc1ccccc1Cl)C(=O)Nn1c(C(=O)Nc2cccc(Cl)c2)cc2cc(Cl)ccc21. The Morgan fingerprint density at radius 2 is 1.48 bits per heavy atom. The third-order valence-corrected chi connectivity index (χ3v) is 5.42. The van der Waals surface area contributed by atoms with E-state index in [2.05, 4.69) is 16.1 Å². The molecule has 0 unspecified atom stereocenters. The molecule has 166 valence electrons. The minimum atomic E-state index is -1.00. The van der Waals surface area contributed by atoms with Crippen LogP contribution in [0.25, 0.3) is 10.9 Å². The lowest BCUT2D eigenvalue weighted by molar-refractivity contribution is -0.133. The molecule has 4 aromatic rings. The fourth-order valence-corrected chi connectivity index (χ4v) is 3.68. The number of hydrogen-bond acceptors (Lipinski definition) is 3. The number of rotatable bonds is 4. The van der Waals surface area contributed by atoms with Gasteiger partial charge >= 0.3 is 11.8 Å². The number of amides is 3. The summed E-state index contributed by atoms with van der Waals surface area (Å²) in [4.78, 5) is 38.1. The van der Waals surface area contributed by atoms with E-state index < -0.39 is 17.7 Å². The maximum atomic E-state index is 13.0. The van der Waals surface area contributed by atoms with Crippen LogP contribution in [-0.2, 0) is 9.59 Å². The fraction of sp³-hybridized carbons (Fsp3) is 0. The molecule has 3 amide bonds. The van der Waals surface area contributed by atoms with E-state index in [9.17, 15) is 14.4 Å². The van der Waals surface area contributed by atoms with Crippen molar-refractivity contribution in [3.8, 4) is 0 Å². The van der Waals surface area contributed by atoms with Gasteiger partial charge in [0.2, 0.25) is 0 Å². The predicted molar refractivity (Wildman–Crippen MR) is 131 cm³/mol. The summed E-state index contributed by atoms with van der Waals surface area (Å²) in [6.45, 7) is 0. The van der Waals surface area contributed by atoms with Gasteiger partial charge < -0.3 is 10.6 Å². The summed E-state index contributed by atoms with van der Waals surface area (Å²) in [6.07, 6.45) is 0. The lowest BCUT2D eigenvalue weighted by Gasteiger charge is -2.13. The van der Waals surface area contributed by atoms with Crippen molar-refractivity contribution in [1.29, 1.82) is 0 Å². The van der Waals surface area contributed by atoms with Crippen molar-refractivity contribution in [3.05, 3.63) is 93.6 Å². The maximum absolute atomic E-state index is 13.0.